The zero-order chi connectivity index (χ0) is 21.5. The fourth-order valence-electron chi connectivity index (χ4n) is 4.30. The molecule has 2 atom stereocenters. The number of nitrogens with zero attached hydrogens (tertiary/aromatic N) is 5. The van der Waals surface area contributed by atoms with Gasteiger partial charge < -0.3 is 10.3 Å². The predicted molar refractivity (Wildman–Crippen MR) is 117 cm³/mol. The van der Waals surface area contributed by atoms with Gasteiger partial charge in [0.2, 0.25) is 0 Å². The van der Waals surface area contributed by atoms with Crippen LogP contribution in [0.15, 0.2) is 30.6 Å². The molecule has 0 radical (unpaired) electrons. The zero-order valence-corrected chi connectivity index (χ0v) is 17.6. The van der Waals surface area contributed by atoms with Gasteiger partial charge in [-0.3, -0.25) is 9.48 Å². The molecular weight excluding hydrogens is 414 g/mol. The minimum absolute atomic E-state index is 0.000599. The first-order chi connectivity index (χ1) is 15.0. The van der Waals surface area contributed by atoms with Crippen LogP contribution in [0.5, 0.6) is 0 Å². The van der Waals surface area contributed by atoms with Crippen LogP contribution in [0.4, 0.5) is 0 Å². The average Bonchev–Trinajstić information content (AvgIpc) is 3.34. The molecule has 3 aromatic heterocycles. The summed E-state index contributed by atoms with van der Waals surface area (Å²) in [6.45, 7) is 0. The van der Waals surface area contributed by atoms with E-state index in [-0.39, 0.29) is 17.9 Å². The van der Waals surface area contributed by atoms with Gasteiger partial charge in [-0.2, -0.15) is 10.4 Å². The molecule has 8 nitrogen and oxygen atoms in total. The second-order valence-electron chi connectivity index (χ2n) is 7.95. The van der Waals surface area contributed by atoms with Crippen molar-refractivity contribution in [3.05, 3.63) is 41.2 Å². The lowest BCUT2D eigenvalue weighted by Crippen LogP contribution is -2.38. The van der Waals surface area contributed by atoms with Gasteiger partial charge >= 0.3 is 0 Å². The van der Waals surface area contributed by atoms with E-state index in [4.69, 9.17) is 16.6 Å². The van der Waals surface area contributed by atoms with Gasteiger partial charge in [0.1, 0.15) is 16.9 Å². The van der Waals surface area contributed by atoms with E-state index < -0.39 is 0 Å². The number of nitrogens with one attached hydrogen (secondary N) is 2. The highest BCUT2D eigenvalue weighted by molar-refractivity contribution is 6.31. The quantitative estimate of drug-likeness (QED) is 0.507. The topological polar surface area (TPSA) is 112 Å². The molecule has 1 aromatic carbocycles. The largest absolute Gasteiger partial charge is 0.349 e. The van der Waals surface area contributed by atoms with Crippen LogP contribution in [0, 0.1) is 17.2 Å². The molecule has 5 rings (SSSR count). The summed E-state index contributed by atoms with van der Waals surface area (Å²) in [5.41, 5.74) is 3.62. The fraction of sp³-hybridized carbons (Fsp3) is 0.318. The standard InChI is InChI=1S/C22H20ClN7O/c1-30-18-8-13(23)5-6-15(18)19(29-30)17-11-26-21-20(28-17)16(10-25-21)22(31)27-14-4-2-3-12(7-14)9-24/h5-6,8,10-12,14H,2-4,7H2,1H3,(H,25,26)(H,27,31)/t12-,14+/m0/s1. The van der Waals surface area contributed by atoms with Gasteiger partial charge in [0, 0.05) is 35.6 Å². The molecule has 1 aliphatic rings. The average molecular weight is 434 g/mol. The Bertz CT molecular complexity index is 1350. The van der Waals surface area contributed by atoms with E-state index in [0.717, 1.165) is 30.2 Å². The van der Waals surface area contributed by atoms with Crippen LogP contribution in [-0.2, 0) is 7.05 Å². The van der Waals surface area contributed by atoms with Crippen molar-refractivity contribution in [2.75, 3.05) is 0 Å². The molecule has 1 amide bonds. The zero-order valence-electron chi connectivity index (χ0n) is 16.9. The van der Waals surface area contributed by atoms with E-state index in [9.17, 15) is 10.1 Å². The molecule has 1 saturated carbocycles. The number of carbonyl (C=O) groups is 1. The highest BCUT2D eigenvalue weighted by atomic mass is 35.5. The number of aromatic amines is 1. The summed E-state index contributed by atoms with van der Waals surface area (Å²) in [6, 6.07) is 7.89. The summed E-state index contributed by atoms with van der Waals surface area (Å²) >= 11 is 6.13. The van der Waals surface area contributed by atoms with E-state index in [0.29, 0.717) is 39.6 Å². The van der Waals surface area contributed by atoms with Gasteiger partial charge in [-0.15, -0.1) is 0 Å². The summed E-state index contributed by atoms with van der Waals surface area (Å²) < 4.78 is 1.75. The highest BCUT2D eigenvalue weighted by Crippen LogP contribution is 2.29. The lowest BCUT2D eigenvalue weighted by atomic mass is 9.86. The molecular formula is C22H20ClN7O. The lowest BCUT2D eigenvalue weighted by Gasteiger charge is -2.25. The van der Waals surface area contributed by atoms with Crippen LogP contribution in [0.25, 0.3) is 33.5 Å². The number of rotatable bonds is 3. The van der Waals surface area contributed by atoms with Crippen molar-refractivity contribution in [1.82, 2.24) is 30.0 Å². The van der Waals surface area contributed by atoms with Crippen LogP contribution in [-0.4, -0.2) is 36.7 Å². The number of nitriles is 1. The fourth-order valence-corrected chi connectivity index (χ4v) is 4.47. The molecule has 2 N–H and O–H groups in total. The molecule has 31 heavy (non-hydrogen) atoms. The number of halogens is 1. The molecule has 0 spiro atoms. The number of hydrogen-bond acceptors (Lipinski definition) is 5. The van der Waals surface area contributed by atoms with Gasteiger partial charge in [-0.05, 0) is 37.5 Å². The highest BCUT2D eigenvalue weighted by Gasteiger charge is 2.25. The lowest BCUT2D eigenvalue weighted by molar-refractivity contribution is 0.0925. The molecule has 3 heterocycles. The van der Waals surface area contributed by atoms with Crippen LogP contribution >= 0.6 is 11.6 Å². The van der Waals surface area contributed by atoms with Crippen molar-refractivity contribution < 1.29 is 4.79 Å². The Kier molecular flexibility index (Phi) is 4.83. The SMILES string of the molecule is Cn1nc(-c2cnc3[nH]cc(C(=O)N[C@@H]4CCC[C@H](C#N)C4)c3n2)c2ccc(Cl)cc21. The van der Waals surface area contributed by atoms with Gasteiger partial charge in [0.25, 0.3) is 5.91 Å². The number of hydrogen-bond donors (Lipinski definition) is 2. The first-order valence-corrected chi connectivity index (χ1v) is 10.6. The summed E-state index contributed by atoms with van der Waals surface area (Å²) in [6.07, 6.45) is 6.68. The number of amides is 1. The Labute approximate surface area is 183 Å². The Morgan fingerprint density at radius 2 is 2.26 bits per heavy atom. The van der Waals surface area contributed by atoms with Crippen LogP contribution in [0.2, 0.25) is 5.02 Å². The first kappa shape index (κ1) is 19.5. The normalized spacial score (nSPS) is 18.9. The van der Waals surface area contributed by atoms with Crippen molar-refractivity contribution in [3.63, 3.8) is 0 Å². The Morgan fingerprint density at radius 1 is 1.39 bits per heavy atom. The van der Waals surface area contributed by atoms with Crippen molar-refractivity contribution in [2.24, 2.45) is 13.0 Å². The van der Waals surface area contributed by atoms with Crippen LogP contribution in [0.1, 0.15) is 36.0 Å². The predicted octanol–water partition coefficient (Wildman–Crippen LogP) is 3.98. The van der Waals surface area contributed by atoms with E-state index in [2.05, 4.69) is 26.5 Å². The Balaban J connectivity index is 1.49. The number of carbonyl (C=O) groups excluding carboxylic acids is 1. The molecule has 0 saturated heterocycles. The van der Waals surface area contributed by atoms with Gasteiger partial charge in [0.05, 0.1) is 23.3 Å². The minimum Gasteiger partial charge on any atom is -0.349 e. The second-order valence-corrected chi connectivity index (χ2v) is 8.39. The number of aryl methyl sites for hydroxylation is 1. The first-order valence-electron chi connectivity index (χ1n) is 10.2. The third-order valence-electron chi connectivity index (χ3n) is 5.87. The van der Waals surface area contributed by atoms with E-state index in [1.165, 1.54) is 0 Å². The maximum atomic E-state index is 13.0. The third-order valence-corrected chi connectivity index (χ3v) is 6.11. The van der Waals surface area contributed by atoms with E-state index in [1.54, 1.807) is 17.1 Å². The summed E-state index contributed by atoms with van der Waals surface area (Å²) in [5, 5.41) is 18.4. The van der Waals surface area contributed by atoms with Gasteiger partial charge in [-0.25, -0.2) is 9.97 Å². The number of H-pyrrole nitrogens is 1. The molecule has 0 aliphatic heterocycles. The number of benzene rings is 1. The molecule has 9 heteroatoms. The number of aromatic nitrogens is 5. The Hall–Kier alpha value is -3.44. The minimum atomic E-state index is -0.209. The second kappa shape index (κ2) is 7.67. The maximum Gasteiger partial charge on any atom is 0.255 e. The monoisotopic (exact) mass is 433 g/mol. The van der Waals surface area contributed by atoms with E-state index in [1.807, 2.05) is 25.2 Å². The summed E-state index contributed by atoms with van der Waals surface area (Å²) in [4.78, 5) is 25.2. The summed E-state index contributed by atoms with van der Waals surface area (Å²) in [7, 11) is 1.85. The maximum absolute atomic E-state index is 13.0. The third kappa shape index (κ3) is 3.51. The number of fused-ring (bicyclic) bond motifs is 2. The van der Waals surface area contributed by atoms with Crippen molar-refractivity contribution in [2.45, 2.75) is 31.7 Å². The summed E-state index contributed by atoms with van der Waals surface area (Å²) in [5.74, 6) is -0.210. The van der Waals surface area contributed by atoms with Crippen molar-refractivity contribution in [1.29, 1.82) is 5.26 Å². The molecule has 4 aromatic rings. The van der Waals surface area contributed by atoms with E-state index >= 15 is 0 Å². The molecule has 0 unspecified atom stereocenters. The van der Waals surface area contributed by atoms with Crippen molar-refractivity contribution >= 4 is 39.6 Å². The smallest absolute Gasteiger partial charge is 0.255 e. The van der Waals surface area contributed by atoms with Crippen LogP contribution < -0.4 is 5.32 Å². The molecule has 0 bridgehead atoms. The van der Waals surface area contributed by atoms with Gasteiger partial charge in [-0.1, -0.05) is 18.0 Å². The van der Waals surface area contributed by atoms with Crippen LogP contribution in [0.3, 0.4) is 0 Å². The van der Waals surface area contributed by atoms with Crippen molar-refractivity contribution in [3.8, 4) is 17.5 Å². The molecule has 1 aliphatic carbocycles. The van der Waals surface area contributed by atoms with Gasteiger partial charge in [0.15, 0.2) is 5.65 Å². The molecule has 156 valence electrons. The molecule has 1 fully saturated rings. The Morgan fingerprint density at radius 3 is 3.10 bits per heavy atom.